The minimum atomic E-state index is 0.0446. The van der Waals surface area contributed by atoms with Crippen LogP contribution in [0.15, 0.2) is 54.6 Å². The van der Waals surface area contributed by atoms with Gasteiger partial charge in [-0.15, -0.1) is 0 Å². The van der Waals surface area contributed by atoms with E-state index in [-0.39, 0.29) is 11.8 Å². The molecule has 0 bridgehead atoms. The Balaban J connectivity index is 1.30. The van der Waals surface area contributed by atoms with Gasteiger partial charge in [-0.05, 0) is 81.7 Å². The number of piperidine rings is 1. The molecule has 0 atom stereocenters. The monoisotopic (exact) mass is 422 g/mol. The van der Waals surface area contributed by atoms with Crippen LogP contribution in [0.4, 0.5) is 5.69 Å². The van der Waals surface area contributed by atoms with E-state index in [1.54, 1.807) is 0 Å². The lowest BCUT2D eigenvalue weighted by molar-refractivity contribution is -0.121. The van der Waals surface area contributed by atoms with Gasteiger partial charge in [0.1, 0.15) is 0 Å². The van der Waals surface area contributed by atoms with E-state index >= 15 is 0 Å². The van der Waals surface area contributed by atoms with Gasteiger partial charge in [-0.2, -0.15) is 5.10 Å². The molecule has 2 heterocycles. The molecule has 2 aromatic carbocycles. The first kappa shape index (κ1) is 20.6. The number of hydrogen-bond donors (Lipinski definition) is 1. The molecule has 1 amide bonds. The number of carbonyl (C=O) groups is 1. The zero-order chi connectivity index (χ0) is 21.1. The number of anilines is 1. The Bertz CT molecular complexity index is 1020. The molecule has 0 aliphatic carbocycles. The molecule has 30 heavy (non-hydrogen) atoms. The third-order valence-corrected chi connectivity index (χ3v) is 6.07. The molecule has 0 radical (unpaired) electrons. The van der Waals surface area contributed by atoms with Gasteiger partial charge in [-0.3, -0.25) is 9.69 Å². The SMILES string of the molecule is Cc1cc(C)n(-c2ccc(NC(=O)C3CCN(Cc4ccccc4Cl)CC3)cc2)n1. The maximum Gasteiger partial charge on any atom is 0.227 e. The van der Waals surface area contributed by atoms with Crippen molar-refractivity contribution < 1.29 is 4.79 Å². The lowest BCUT2D eigenvalue weighted by Crippen LogP contribution is -2.37. The maximum absolute atomic E-state index is 12.7. The van der Waals surface area contributed by atoms with Crippen molar-refractivity contribution in [2.45, 2.75) is 33.2 Å². The number of hydrogen-bond acceptors (Lipinski definition) is 3. The summed E-state index contributed by atoms with van der Waals surface area (Å²) < 4.78 is 1.91. The summed E-state index contributed by atoms with van der Waals surface area (Å²) >= 11 is 6.28. The average molecular weight is 423 g/mol. The number of nitrogens with one attached hydrogen (secondary N) is 1. The summed E-state index contributed by atoms with van der Waals surface area (Å²) in [6.07, 6.45) is 1.72. The predicted octanol–water partition coefficient (Wildman–Crippen LogP) is 4.99. The van der Waals surface area contributed by atoms with Crippen LogP contribution in [-0.4, -0.2) is 33.7 Å². The number of amides is 1. The zero-order valence-electron chi connectivity index (χ0n) is 17.4. The lowest BCUT2D eigenvalue weighted by atomic mass is 9.95. The van der Waals surface area contributed by atoms with Crippen molar-refractivity contribution in [2.75, 3.05) is 18.4 Å². The second-order valence-electron chi connectivity index (χ2n) is 8.02. The number of aryl methyl sites for hydroxylation is 2. The Labute approximate surface area is 182 Å². The first-order valence-corrected chi connectivity index (χ1v) is 10.8. The fourth-order valence-corrected chi connectivity index (χ4v) is 4.24. The highest BCUT2D eigenvalue weighted by molar-refractivity contribution is 6.31. The van der Waals surface area contributed by atoms with Gasteiger partial charge in [0.2, 0.25) is 5.91 Å². The molecular weight excluding hydrogens is 396 g/mol. The molecule has 3 aromatic rings. The van der Waals surface area contributed by atoms with Gasteiger partial charge < -0.3 is 5.32 Å². The number of aromatic nitrogens is 2. The summed E-state index contributed by atoms with van der Waals surface area (Å²) in [6, 6.07) is 17.9. The van der Waals surface area contributed by atoms with E-state index in [4.69, 9.17) is 11.6 Å². The summed E-state index contributed by atoms with van der Waals surface area (Å²) in [4.78, 5) is 15.1. The molecule has 156 valence electrons. The smallest absolute Gasteiger partial charge is 0.227 e. The average Bonchev–Trinajstić information content (AvgIpc) is 3.09. The molecule has 4 rings (SSSR count). The second kappa shape index (κ2) is 9.02. The number of halogens is 1. The Morgan fingerprint density at radius 1 is 1.10 bits per heavy atom. The zero-order valence-corrected chi connectivity index (χ0v) is 18.2. The highest BCUT2D eigenvalue weighted by Gasteiger charge is 2.25. The van der Waals surface area contributed by atoms with E-state index in [2.05, 4.69) is 21.4 Å². The van der Waals surface area contributed by atoms with Crippen molar-refractivity contribution in [2.24, 2.45) is 5.92 Å². The standard InChI is InChI=1S/C24H27ClN4O/c1-17-15-18(2)29(27-17)22-9-7-21(8-10-22)26-24(30)19-11-13-28(14-12-19)16-20-5-3-4-6-23(20)25/h3-10,15,19H,11-14,16H2,1-2H3,(H,26,30). The van der Waals surface area contributed by atoms with Gasteiger partial charge >= 0.3 is 0 Å². The van der Waals surface area contributed by atoms with Gasteiger partial charge in [0, 0.05) is 28.9 Å². The van der Waals surface area contributed by atoms with E-state index < -0.39 is 0 Å². The Hall–Kier alpha value is -2.63. The first-order chi connectivity index (χ1) is 14.5. The highest BCUT2D eigenvalue weighted by atomic mass is 35.5. The van der Waals surface area contributed by atoms with Crippen molar-refractivity contribution in [3.8, 4) is 5.69 Å². The highest BCUT2D eigenvalue weighted by Crippen LogP contribution is 2.24. The number of likely N-dealkylation sites (tertiary alicyclic amines) is 1. The van der Waals surface area contributed by atoms with Gasteiger partial charge in [-0.1, -0.05) is 29.8 Å². The quantitative estimate of drug-likeness (QED) is 0.629. The van der Waals surface area contributed by atoms with Gasteiger partial charge in [-0.25, -0.2) is 4.68 Å². The summed E-state index contributed by atoms with van der Waals surface area (Å²) in [6.45, 7) is 6.66. The van der Waals surface area contributed by atoms with Crippen molar-refractivity contribution in [3.63, 3.8) is 0 Å². The van der Waals surface area contributed by atoms with Crippen LogP contribution in [0.25, 0.3) is 5.69 Å². The molecular formula is C24H27ClN4O. The molecule has 1 aliphatic heterocycles. The third kappa shape index (κ3) is 4.74. The topological polar surface area (TPSA) is 50.2 Å². The van der Waals surface area contributed by atoms with Crippen LogP contribution in [0, 0.1) is 19.8 Å². The normalized spacial score (nSPS) is 15.3. The Morgan fingerprint density at radius 3 is 2.43 bits per heavy atom. The summed E-state index contributed by atoms with van der Waals surface area (Å²) in [5.41, 5.74) is 5.04. The predicted molar refractivity (Wildman–Crippen MR) is 121 cm³/mol. The minimum absolute atomic E-state index is 0.0446. The van der Waals surface area contributed by atoms with Gasteiger partial charge in [0.05, 0.1) is 11.4 Å². The summed E-state index contributed by atoms with van der Waals surface area (Å²) in [5, 5.41) is 8.39. The van der Waals surface area contributed by atoms with Crippen LogP contribution in [0.2, 0.25) is 5.02 Å². The summed E-state index contributed by atoms with van der Waals surface area (Å²) in [5.74, 6) is 0.148. The van der Waals surface area contributed by atoms with Crippen molar-refractivity contribution in [3.05, 3.63) is 76.6 Å². The van der Waals surface area contributed by atoms with Crippen LogP contribution < -0.4 is 5.32 Å². The number of nitrogens with zero attached hydrogens (tertiary/aromatic N) is 3. The van der Waals surface area contributed by atoms with E-state index in [1.807, 2.05) is 67.1 Å². The Kier molecular flexibility index (Phi) is 6.21. The molecule has 0 saturated carbocycles. The van der Waals surface area contributed by atoms with E-state index in [1.165, 1.54) is 0 Å². The van der Waals surface area contributed by atoms with Gasteiger partial charge in [0.25, 0.3) is 0 Å². The number of rotatable bonds is 5. The van der Waals surface area contributed by atoms with E-state index in [0.29, 0.717) is 0 Å². The molecule has 1 aliphatic rings. The van der Waals surface area contributed by atoms with Crippen molar-refractivity contribution in [1.29, 1.82) is 0 Å². The lowest BCUT2D eigenvalue weighted by Gasteiger charge is -2.31. The van der Waals surface area contributed by atoms with Crippen LogP contribution >= 0.6 is 11.6 Å². The first-order valence-electron chi connectivity index (χ1n) is 10.4. The van der Waals surface area contributed by atoms with E-state index in [9.17, 15) is 4.79 Å². The Morgan fingerprint density at radius 2 is 1.80 bits per heavy atom. The van der Waals surface area contributed by atoms with Crippen molar-refractivity contribution >= 4 is 23.2 Å². The van der Waals surface area contributed by atoms with Crippen molar-refractivity contribution in [1.82, 2.24) is 14.7 Å². The summed E-state index contributed by atoms with van der Waals surface area (Å²) in [7, 11) is 0. The van der Waals surface area contributed by atoms with Crippen LogP contribution in [0.5, 0.6) is 0 Å². The molecule has 6 heteroatoms. The number of carbonyl (C=O) groups excluding carboxylic acids is 1. The second-order valence-corrected chi connectivity index (χ2v) is 8.42. The van der Waals surface area contributed by atoms with E-state index in [0.717, 1.165) is 65.8 Å². The largest absolute Gasteiger partial charge is 0.326 e. The molecule has 0 unspecified atom stereocenters. The number of benzene rings is 2. The minimum Gasteiger partial charge on any atom is -0.326 e. The van der Waals surface area contributed by atoms with Crippen LogP contribution in [0.1, 0.15) is 29.8 Å². The molecule has 1 aromatic heterocycles. The maximum atomic E-state index is 12.7. The van der Waals surface area contributed by atoms with Gasteiger partial charge in [0.15, 0.2) is 0 Å². The fourth-order valence-electron chi connectivity index (χ4n) is 4.04. The molecule has 1 saturated heterocycles. The molecule has 5 nitrogen and oxygen atoms in total. The molecule has 0 spiro atoms. The molecule has 1 fully saturated rings. The van der Waals surface area contributed by atoms with Crippen LogP contribution in [-0.2, 0) is 11.3 Å². The fraction of sp³-hybridized carbons (Fsp3) is 0.333. The molecule has 1 N–H and O–H groups in total. The third-order valence-electron chi connectivity index (χ3n) is 5.70. The van der Waals surface area contributed by atoms with Crippen LogP contribution in [0.3, 0.4) is 0 Å².